The maximum Gasteiger partial charge on any atom is 0.243 e. The molecule has 0 aliphatic heterocycles. The summed E-state index contributed by atoms with van der Waals surface area (Å²) in [6.07, 6.45) is 1.05. The van der Waals surface area contributed by atoms with E-state index in [0.717, 1.165) is 12.0 Å². The standard InChI is InChI=1S/C26H23N5O/c32-24(16-31-29-26(28-30-31)17-8-2-1-3-9-17)27-15-18-14-23-19-10-4-6-12-21(19)25(18)22-13-7-5-11-20(22)23/h1-13,18,23,25H,14-16H2,(H,27,32). The number of hydrogen-bond donors (Lipinski definition) is 1. The summed E-state index contributed by atoms with van der Waals surface area (Å²) in [7, 11) is 0. The summed E-state index contributed by atoms with van der Waals surface area (Å²) in [6.45, 7) is 0.705. The molecule has 1 heterocycles. The number of amides is 1. The van der Waals surface area contributed by atoms with Crippen LogP contribution in [-0.4, -0.2) is 32.7 Å². The van der Waals surface area contributed by atoms with Crippen LogP contribution in [0.1, 0.15) is 40.5 Å². The van der Waals surface area contributed by atoms with Crippen LogP contribution in [0, 0.1) is 5.92 Å². The minimum Gasteiger partial charge on any atom is -0.354 e. The summed E-state index contributed by atoms with van der Waals surface area (Å²) < 4.78 is 0. The third kappa shape index (κ3) is 3.19. The Balaban J connectivity index is 1.16. The van der Waals surface area contributed by atoms with Crippen LogP contribution in [0.25, 0.3) is 11.4 Å². The Morgan fingerprint density at radius 1 is 0.875 bits per heavy atom. The molecule has 3 aliphatic rings. The van der Waals surface area contributed by atoms with Crippen LogP contribution in [0.15, 0.2) is 78.9 Å². The Bertz CT molecular complexity index is 1230. The average Bonchev–Trinajstić information content (AvgIpc) is 3.32. The van der Waals surface area contributed by atoms with Gasteiger partial charge in [-0.15, -0.1) is 10.2 Å². The zero-order chi connectivity index (χ0) is 21.5. The summed E-state index contributed by atoms with van der Waals surface area (Å²) in [5.74, 6) is 1.53. The molecule has 0 fully saturated rings. The Labute approximate surface area is 186 Å². The van der Waals surface area contributed by atoms with E-state index in [1.54, 1.807) is 0 Å². The number of aromatic nitrogens is 4. The molecule has 1 amide bonds. The first kappa shape index (κ1) is 18.9. The SMILES string of the molecule is O=C(Cn1nnc(-c2ccccc2)n1)NCC1CC2c3ccccc3C1c1ccccc12. The van der Waals surface area contributed by atoms with Gasteiger partial charge in [-0.25, -0.2) is 0 Å². The number of benzene rings is 3. The van der Waals surface area contributed by atoms with Gasteiger partial charge in [-0.2, -0.15) is 4.80 Å². The zero-order valence-electron chi connectivity index (χ0n) is 17.6. The van der Waals surface area contributed by atoms with Crippen molar-refractivity contribution in [1.82, 2.24) is 25.5 Å². The number of carbonyl (C=O) groups excluding carboxylic acids is 1. The van der Waals surface area contributed by atoms with E-state index >= 15 is 0 Å². The molecule has 1 unspecified atom stereocenters. The van der Waals surface area contributed by atoms with Gasteiger partial charge in [0.15, 0.2) is 0 Å². The van der Waals surface area contributed by atoms with E-state index in [0.29, 0.717) is 30.1 Å². The van der Waals surface area contributed by atoms with E-state index in [-0.39, 0.29) is 12.5 Å². The second-order valence-electron chi connectivity index (χ2n) is 8.60. The number of carbonyl (C=O) groups is 1. The summed E-state index contributed by atoms with van der Waals surface area (Å²) in [5.41, 5.74) is 6.59. The van der Waals surface area contributed by atoms with Crippen molar-refractivity contribution in [3.8, 4) is 11.4 Å². The molecule has 32 heavy (non-hydrogen) atoms. The molecule has 7 rings (SSSR count). The highest BCUT2D eigenvalue weighted by molar-refractivity contribution is 5.75. The highest BCUT2D eigenvalue weighted by Gasteiger charge is 2.42. The predicted octanol–water partition coefficient (Wildman–Crippen LogP) is 3.75. The van der Waals surface area contributed by atoms with Gasteiger partial charge in [0.25, 0.3) is 0 Å². The molecule has 6 nitrogen and oxygen atoms in total. The van der Waals surface area contributed by atoms with Crippen molar-refractivity contribution in [2.24, 2.45) is 5.92 Å². The molecule has 4 aromatic rings. The van der Waals surface area contributed by atoms with Crippen LogP contribution in [-0.2, 0) is 11.3 Å². The number of rotatable bonds is 5. The van der Waals surface area contributed by atoms with Crippen LogP contribution >= 0.6 is 0 Å². The van der Waals surface area contributed by atoms with Gasteiger partial charge in [-0.1, -0.05) is 78.9 Å². The molecule has 6 heteroatoms. The monoisotopic (exact) mass is 421 g/mol. The minimum absolute atomic E-state index is 0.0633. The molecule has 2 bridgehead atoms. The lowest BCUT2D eigenvalue weighted by Gasteiger charge is -2.45. The molecule has 3 aromatic carbocycles. The third-order valence-electron chi connectivity index (χ3n) is 6.75. The van der Waals surface area contributed by atoms with Crippen molar-refractivity contribution in [2.75, 3.05) is 6.54 Å². The quantitative estimate of drug-likeness (QED) is 0.533. The molecule has 0 radical (unpaired) electrons. The number of nitrogens with one attached hydrogen (secondary N) is 1. The smallest absolute Gasteiger partial charge is 0.243 e. The predicted molar refractivity (Wildman–Crippen MR) is 121 cm³/mol. The van der Waals surface area contributed by atoms with Crippen LogP contribution in [0.5, 0.6) is 0 Å². The number of tetrazole rings is 1. The topological polar surface area (TPSA) is 72.7 Å². The Morgan fingerprint density at radius 2 is 1.50 bits per heavy atom. The first-order valence-electron chi connectivity index (χ1n) is 11.1. The molecule has 1 aromatic heterocycles. The maximum absolute atomic E-state index is 12.7. The number of nitrogens with zero attached hydrogens (tertiary/aromatic N) is 4. The van der Waals surface area contributed by atoms with Crippen LogP contribution in [0.2, 0.25) is 0 Å². The van der Waals surface area contributed by atoms with Crippen molar-refractivity contribution in [3.63, 3.8) is 0 Å². The van der Waals surface area contributed by atoms with Crippen molar-refractivity contribution < 1.29 is 4.79 Å². The Morgan fingerprint density at radius 3 is 2.19 bits per heavy atom. The van der Waals surface area contributed by atoms with Gasteiger partial charge in [-0.05, 0) is 39.8 Å². The van der Waals surface area contributed by atoms with E-state index in [4.69, 9.17) is 0 Å². The van der Waals surface area contributed by atoms with Gasteiger partial charge in [0.2, 0.25) is 11.7 Å². The fourth-order valence-corrected chi connectivity index (χ4v) is 5.40. The molecule has 0 spiro atoms. The van der Waals surface area contributed by atoms with Gasteiger partial charge >= 0.3 is 0 Å². The lowest BCUT2D eigenvalue weighted by molar-refractivity contribution is -0.122. The van der Waals surface area contributed by atoms with Crippen molar-refractivity contribution >= 4 is 5.91 Å². The summed E-state index contributed by atoms with van der Waals surface area (Å²) in [4.78, 5) is 14.0. The van der Waals surface area contributed by atoms with E-state index in [9.17, 15) is 4.79 Å². The fraction of sp³-hybridized carbons (Fsp3) is 0.231. The fourth-order valence-electron chi connectivity index (χ4n) is 5.40. The zero-order valence-corrected chi connectivity index (χ0v) is 17.6. The van der Waals surface area contributed by atoms with Gasteiger partial charge in [0.1, 0.15) is 6.54 Å². The molecule has 1 N–H and O–H groups in total. The van der Waals surface area contributed by atoms with Crippen molar-refractivity contribution in [3.05, 3.63) is 101 Å². The maximum atomic E-state index is 12.7. The van der Waals surface area contributed by atoms with Gasteiger partial charge in [-0.3, -0.25) is 4.79 Å². The normalized spacial score (nSPS) is 20.4. The molecule has 3 aliphatic carbocycles. The van der Waals surface area contributed by atoms with Gasteiger partial charge in [0, 0.05) is 23.9 Å². The first-order chi connectivity index (χ1) is 15.8. The van der Waals surface area contributed by atoms with E-state index < -0.39 is 0 Å². The Hall–Kier alpha value is -3.80. The van der Waals surface area contributed by atoms with Crippen LogP contribution in [0.3, 0.4) is 0 Å². The molecule has 1 atom stereocenters. The summed E-state index contributed by atoms with van der Waals surface area (Å²) >= 11 is 0. The number of hydrogen-bond acceptors (Lipinski definition) is 4. The van der Waals surface area contributed by atoms with Crippen molar-refractivity contribution in [2.45, 2.75) is 24.8 Å². The summed E-state index contributed by atoms with van der Waals surface area (Å²) in [6, 6.07) is 27.2. The van der Waals surface area contributed by atoms with Crippen LogP contribution in [0.4, 0.5) is 0 Å². The van der Waals surface area contributed by atoms with E-state index in [1.165, 1.54) is 27.1 Å². The third-order valence-corrected chi connectivity index (χ3v) is 6.75. The second-order valence-corrected chi connectivity index (χ2v) is 8.60. The van der Waals surface area contributed by atoms with Crippen molar-refractivity contribution in [1.29, 1.82) is 0 Å². The average molecular weight is 422 g/mol. The second kappa shape index (κ2) is 7.71. The summed E-state index contributed by atoms with van der Waals surface area (Å²) in [5, 5.41) is 15.6. The van der Waals surface area contributed by atoms with Gasteiger partial charge in [0.05, 0.1) is 0 Å². The highest BCUT2D eigenvalue weighted by Crippen LogP contribution is 2.55. The lowest BCUT2D eigenvalue weighted by atomic mass is 9.59. The molecule has 0 saturated carbocycles. The van der Waals surface area contributed by atoms with Crippen LogP contribution < -0.4 is 5.32 Å². The largest absolute Gasteiger partial charge is 0.354 e. The Kier molecular flexibility index (Phi) is 4.56. The number of fused-ring (bicyclic) bond motifs is 1. The first-order valence-corrected chi connectivity index (χ1v) is 11.1. The lowest BCUT2D eigenvalue weighted by Crippen LogP contribution is -2.40. The molecule has 0 saturated heterocycles. The molecular weight excluding hydrogens is 398 g/mol. The highest BCUT2D eigenvalue weighted by atomic mass is 16.2. The molecule has 158 valence electrons. The van der Waals surface area contributed by atoms with Gasteiger partial charge < -0.3 is 5.32 Å². The van der Waals surface area contributed by atoms with E-state index in [2.05, 4.69) is 69.3 Å². The van der Waals surface area contributed by atoms with E-state index in [1.807, 2.05) is 30.3 Å². The molecular formula is C26H23N5O. The minimum atomic E-state index is -0.0926.